The molecule has 184 valence electrons. The lowest BCUT2D eigenvalue weighted by Gasteiger charge is -2.39. The molecule has 0 radical (unpaired) electrons. The van der Waals surface area contributed by atoms with E-state index in [0.717, 1.165) is 28.4 Å². The van der Waals surface area contributed by atoms with Crippen LogP contribution in [-0.4, -0.2) is 67.8 Å². The second kappa shape index (κ2) is 9.54. The summed E-state index contributed by atoms with van der Waals surface area (Å²) in [6, 6.07) is 15.2. The molecule has 1 aromatic heterocycles. The molecule has 9 heteroatoms. The zero-order valence-electron chi connectivity index (χ0n) is 19.7. The first-order valence-electron chi connectivity index (χ1n) is 12.0. The van der Waals surface area contributed by atoms with Gasteiger partial charge >= 0.3 is 0 Å². The van der Waals surface area contributed by atoms with Crippen molar-refractivity contribution in [3.05, 3.63) is 66.1 Å². The monoisotopic (exact) mass is 496 g/mol. The maximum atomic E-state index is 13.6. The Kier molecular flexibility index (Phi) is 6.46. The minimum Gasteiger partial charge on any atom is -0.367 e. The molecule has 7 nitrogen and oxygen atoms in total. The molecule has 2 saturated heterocycles. The molecule has 1 unspecified atom stereocenters. The third-order valence-electron chi connectivity index (χ3n) is 6.92. The summed E-state index contributed by atoms with van der Waals surface area (Å²) in [5.41, 5.74) is 3.05. The summed E-state index contributed by atoms with van der Waals surface area (Å²) < 4.78 is 41.0. The highest BCUT2D eigenvalue weighted by molar-refractivity contribution is 7.89. The SMILES string of the molecule is Cc1cc(N2CCN(C(=O)C3CCCN(S(=O)(=O)c4cccc(F)c4)C3)CC2)c2ccccc2n1. The fourth-order valence-corrected chi connectivity index (χ4v) is 6.67. The molecular formula is C26H29FN4O3S. The lowest BCUT2D eigenvalue weighted by Crippen LogP contribution is -2.53. The second-order valence-corrected chi connectivity index (χ2v) is 11.2. The normalized spacial score (nSPS) is 19.8. The van der Waals surface area contributed by atoms with E-state index in [1.54, 1.807) is 0 Å². The molecule has 1 atom stereocenters. The van der Waals surface area contributed by atoms with Gasteiger partial charge in [0.1, 0.15) is 5.82 Å². The number of para-hydroxylation sites is 1. The number of hydrogen-bond donors (Lipinski definition) is 0. The second-order valence-electron chi connectivity index (χ2n) is 9.27. The van der Waals surface area contributed by atoms with Gasteiger partial charge in [0.05, 0.1) is 16.3 Å². The van der Waals surface area contributed by atoms with E-state index in [1.165, 1.54) is 22.5 Å². The van der Waals surface area contributed by atoms with Gasteiger partial charge in [-0.15, -0.1) is 0 Å². The highest BCUT2D eigenvalue weighted by Gasteiger charge is 2.36. The molecule has 3 heterocycles. The largest absolute Gasteiger partial charge is 0.367 e. The van der Waals surface area contributed by atoms with E-state index >= 15 is 0 Å². The number of benzene rings is 2. The number of hydrogen-bond acceptors (Lipinski definition) is 5. The summed E-state index contributed by atoms with van der Waals surface area (Å²) >= 11 is 0. The predicted octanol–water partition coefficient (Wildman–Crippen LogP) is 3.43. The van der Waals surface area contributed by atoms with Crippen molar-refractivity contribution < 1.29 is 17.6 Å². The Hall–Kier alpha value is -3.04. The zero-order valence-corrected chi connectivity index (χ0v) is 20.5. The Morgan fingerprint density at radius 2 is 1.77 bits per heavy atom. The van der Waals surface area contributed by atoms with Crippen LogP contribution in [0.15, 0.2) is 59.5 Å². The summed E-state index contributed by atoms with van der Waals surface area (Å²) in [6.45, 7) is 5.04. The number of amides is 1. The molecule has 2 fully saturated rings. The molecule has 5 rings (SSSR count). The first-order valence-corrected chi connectivity index (χ1v) is 13.4. The Labute approximate surface area is 205 Å². The summed E-state index contributed by atoms with van der Waals surface area (Å²) in [6.07, 6.45) is 1.26. The summed E-state index contributed by atoms with van der Waals surface area (Å²) in [5.74, 6) is -0.979. The van der Waals surface area contributed by atoms with Crippen molar-refractivity contribution in [3.8, 4) is 0 Å². The molecule has 2 aliphatic heterocycles. The van der Waals surface area contributed by atoms with E-state index in [0.29, 0.717) is 45.6 Å². The molecule has 0 N–H and O–H groups in total. The average Bonchev–Trinajstić information content (AvgIpc) is 2.88. The van der Waals surface area contributed by atoms with Crippen molar-refractivity contribution in [2.75, 3.05) is 44.2 Å². The first-order chi connectivity index (χ1) is 16.8. The van der Waals surface area contributed by atoms with Crippen molar-refractivity contribution in [1.29, 1.82) is 0 Å². The molecule has 0 saturated carbocycles. The van der Waals surface area contributed by atoms with E-state index in [9.17, 15) is 17.6 Å². The van der Waals surface area contributed by atoms with Gasteiger partial charge in [-0.05, 0) is 50.1 Å². The number of piperidine rings is 1. The van der Waals surface area contributed by atoms with Crippen molar-refractivity contribution in [2.24, 2.45) is 5.92 Å². The topological polar surface area (TPSA) is 73.8 Å². The Morgan fingerprint density at radius 1 is 1.00 bits per heavy atom. The number of rotatable bonds is 4. The maximum Gasteiger partial charge on any atom is 0.243 e. The van der Waals surface area contributed by atoms with Crippen molar-refractivity contribution >= 4 is 32.5 Å². The Morgan fingerprint density at radius 3 is 2.54 bits per heavy atom. The van der Waals surface area contributed by atoms with Crippen LogP contribution in [0.5, 0.6) is 0 Å². The number of carbonyl (C=O) groups is 1. The predicted molar refractivity (Wildman–Crippen MR) is 133 cm³/mol. The molecular weight excluding hydrogens is 467 g/mol. The number of anilines is 1. The van der Waals surface area contributed by atoms with Crippen molar-refractivity contribution in [3.63, 3.8) is 0 Å². The maximum absolute atomic E-state index is 13.6. The third-order valence-corrected chi connectivity index (χ3v) is 8.78. The van der Waals surface area contributed by atoms with E-state index in [1.807, 2.05) is 30.0 Å². The number of fused-ring (bicyclic) bond motifs is 1. The summed E-state index contributed by atoms with van der Waals surface area (Å²) in [7, 11) is -3.84. The van der Waals surface area contributed by atoms with Gasteiger partial charge in [0.15, 0.2) is 0 Å². The van der Waals surface area contributed by atoms with Crippen LogP contribution in [0, 0.1) is 18.7 Å². The quantitative estimate of drug-likeness (QED) is 0.553. The molecule has 3 aromatic rings. The van der Waals surface area contributed by atoms with Crippen LogP contribution in [-0.2, 0) is 14.8 Å². The Balaban J connectivity index is 1.26. The first kappa shape index (κ1) is 23.7. The van der Waals surface area contributed by atoms with Crippen LogP contribution in [0.1, 0.15) is 18.5 Å². The number of pyridine rings is 1. The van der Waals surface area contributed by atoms with Gasteiger partial charge in [-0.1, -0.05) is 24.3 Å². The molecule has 1 amide bonds. The van der Waals surface area contributed by atoms with Crippen LogP contribution in [0.2, 0.25) is 0 Å². The van der Waals surface area contributed by atoms with E-state index in [4.69, 9.17) is 0 Å². The molecule has 0 bridgehead atoms. The summed E-state index contributed by atoms with van der Waals surface area (Å²) in [5, 5.41) is 1.10. The number of nitrogens with zero attached hydrogens (tertiary/aromatic N) is 4. The van der Waals surface area contributed by atoms with Crippen LogP contribution in [0.3, 0.4) is 0 Å². The van der Waals surface area contributed by atoms with E-state index < -0.39 is 15.8 Å². The van der Waals surface area contributed by atoms with E-state index in [2.05, 4.69) is 22.0 Å². The van der Waals surface area contributed by atoms with Gasteiger partial charge in [0, 0.05) is 56.0 Å². The van der Waals surface area contributed by atoms with Gasteiger partial charge in [-0.25, -0.2) is 12.8 Å². The standard InChI is InChI=1S/C26H29FN4O3S/c1-19-16-25(23-9-2-3-10-24(23)28-19)29-12-14-30(15-13-29)26(32)20-6-5-11-31(18-20)35(33,34)22-8-4-7-21(27)17-22/h2-4,7-10,16-17,20H,5-6,11-15,18H2,1H3. The molecule has 35 heavy (non-hydrogen) atoms. The lowest BCUT2D eigenvalue weighted by molar-refractivity contribution is -0.137. The minimum atomic E-state index is -3.84. The fourth-order valence-electron chi connectivity index (χ4n) is 5.11. The third kappa shape index (κ3) is 4.75. The lowest BCUT2D eigenvalue weighted by atomic mass is 9.97. The van der Waals surface area contributed by atoms with Gasteiger partial charge in [-0.3, -0.25) is 9.78 Å². The zero-order chi connectivity index (χ0) is 24.6. The highest BCUT2D eigenvalue weighted by Crippen LogP contribution is 2.29. The number of carbonyl (C=O) groups excluding carboxylic acids is 1. The molecule has 0 aliphatic carbocycles. The molecule has 0 spiro atoms. The number of aromatic nitrogens is 1. The number of aryl methyl sites for hydroxylation is 1. The number of sulfonamides is 1. The average molecular weight is 497 g/mol. The summed E-state index contributed by atoms with van der Waals surface area (Å²) in [4.78, 5) is 22.0. The van der Waals surface area contributed by atoms with Crippen LogP contribution in [0.4, 0.5) is 10.1 Å². The minimum absolute atomic E-state index is 0.000408. The Bertz CT molecular complexity index is 1360. The van der Waals surface area contributed by atoms with Crippen molar-refractivity contribution in [2.45, 2.75) is 24.7 Å². The fraction of sp³-hybridized carbons (Fsp3) is 0.385. The van der Waals surface area contributed by atoms with Crippen LogP contribution >= 0.6 is 0 Å². The molecule has 2 aliphatic rings. The highest BCUT2D eigenvalue weighted by atomic mass is 32.2. The van der Waals surface area contributed by atoms with Gasteiger partial charge < -0.3 is 9.80 Å². The number of piperazine rings is 1. The van der Waals surface area contributed by atoms with Gasteiger partial charge in [0.25, 0.3) is 0 Å². The number of halogens is 1. The van der Waals surface area contributed by atoms with Crippen LogP contribution < -0.4 is 4.90 Å². The van der Waals surface area contributed by atoms with Crippen molar-refractivity contribution in [1.82, 2.24) is 14.2 Å². The van der Waals surface area contributed by atoms with Gasteiger partial charge in [-0.2, -0.15) is 4.31 Å². The van der Waals surface area contributed by atoms with E-state index in [-0.39, 0.29) is 23.3 Å². The molecule has 2 aromatic carbocycles. The smallest absolute Gasteiger partial charge is 0.243 e. The van der Waals surface area contributed by atoms with Crippen LogP contribution in [0.25, 0.3) is 10.9 Å². The van der Waals surface area contributed by atoms with Gasteiger partial charge in [0.2, 0.25) is 15.9 Å².